The summed E-state index contributed by atoms with van der Waals surface area (Å²) in [7, 11) is 0. The second-order valence-electron chi connectivity index (χ2n) is 12.5. The van der Waals surface area contributed by atoms with Gasteiger partial charge < -0.3 is 25.6 Å². The molecule has 1 saturated heterocycles. The van der Waals surface area contributed by atoms with Crippen molar-refractivity contribution in [2.24, 2.45) is 5.92 Å². The Morgan fingerprint density at radius 3 is 2.15 bits per heavy atom. The molecule has 7 nitrogen and oxygen atoms in total. The maximum absolute atomic E-state index is 13.3. The first kappa shape index (κ1) is 31.5. The summed E-state index contributed by atoms with van der Waals surface area (Å²) in [6.45, 7) is 13.0. The van der Waals surface area contributed by atoms with Crippen LogP contribution in [0.1, 0.15) is 77.8 Å². The first-order valence-electron chi connectivity index (χ1n) is 15.0. The van der Waals surface area contributed by atoms with Gasteiger partial charge in [0.25, 0.3) is 0 Å². The van der Waals surface area contributed by atoms with Crippen molar-refractivity contribution >= 4 is 11.9 Å². The highest BCUT2D eigenvalue weighted by molar-refractivity contribution is 5.82. The molecular formula is C33H50N4O3. The smallest absolute Gasteiger partial charge is 0.317 e. The highest BCUT2D eigenvalue weighted by Crippen LogP contribution is 2.16. The van der Waals surface area contributed by atoms with Crippen LogP contribution in [0.4, 0.5) is 4.79 Å². The zero-order valence-corrected chi connectivity index (χ0v) is 25.2. The Hall–Kier alpha value is -3.06. The van der Waals surface area contributed by atoms with Crippen LogP contribution in [0.5, 0.6) is 5.75 Å². The molecule has 0 bridgehead atoms. The first-order chi connectivity index (χ1) is 19.1. The van der Waals surface area contributed by atoms with E-state index >= 15 is 0 Å². The molecule has 0 radical (unpaired) electrons. The maximum atomic E-state index is 13.3. The molecule has 40 heavy (non-hydrogen) atoms. The number of hydrogen-bond acceptors (Lipinski definition) is 4. The minimum absolute atomic E-state index is 0.0103. The fraction of sp³-hybridized carbons (Fsp3) is 0.576. The molecule has 2 atom stereocenters. The number of ether oxygens (including phenoxy) is 1. The summed E-state index contributed by atoms with van der Waals surface area (Å²) in [6, 6.07) is 17.6. The first-order valence-corrected chi connectivity index (χ1v) is 15.0. The lowest BCUT2D eigenvalue weighted by molar-refractivity contribution is -0.124. The minimum atomic E-state index is -0.430. The van der Waals surface area contributed by atoms with E-state index in [2.05, 4.69) is 29.8 Å². The highest BCUT2D eigenvalue weighted by Gasteiger charge is 2.26. The summed E-state index contributed by atoms with van der Waals surface area (Å²) in [6.07, 6.45) is 5.87. The molecule has 1 aliphatic heterocycles. The topological polar surface area (TPSA) is 82.7 Å². The third-order valence-electron chi connectivity index (χ3n) is 7.01. The van der Waals surface area contributed by atoms with Gasteiger partial charge in [0.1, 0.15) is 12.4 Å². The third-order valence-corrected chi connectivity index (χ3v) is 7.01. The van der Waals surface area contributed by atoms with E-state index in [1.165, 1.54) is 12.8 Å². The fourth-order valence-electron chi connectivity index (χ4n) is 5.00. The maximum Gasteiger partial charge on any atom is 0.317 e. The molecule has 3 rings (SSSR count). The number of nitrogens with one attached hydrogen (secondary N) is 3. The van der Waals surface area contributed by atoms with Crippen molar-refractivity contribution in [2.75, 3.05) is 19.6 Å². The number of carbonyl (C=O) groups excluding carboxylic acids is 2. The van der Waals surface area contributed by atoms with E-state index in [1.54, 1.807) is 0 Å². The zero-order valence-electron chi connectivity index (χ0n) is 25.2. The van der Waals surface area contributed by atoms with Crippen molar-refractivity contribution in [1.82, 2.24) is 20.9 Å². The van der Waals surface area contributed by atoms with Crippen LogP contribution in [0, 0.1) is 5.92 Å². The van der Waals surface area contributed by atoms with Gasteiger partial charge in [0.05, 0.1) is 6.04 Å². The average Bonchev–Trinajstić information content (AvgIpc) is 3.19. The molecule has 1 aliphatic rings. The number of hydrogen-bond donors (Lipinski definition) is 3. The molecule has 3 amide bonds. The van der Waals surface area contributed by atoms with Crippen molar-refractivity contribution in [1.29, 1.82) is 0 Å². The van der Waals surface area contributed by atoms with Crippen molar-refractivity contribution in [3.05, 3.63) is 65.7 Å². The SMILES string of the molecule is CC(C)C[C@@H](CN[C@@H](Cc1ccc(OCc2ccccc2)cc1)C(=O)NC(C)(C)C)NC(=O)N1CCCCCC1. The Kier molecular flexibility index (Phi) is 12.3. The van der Waals surface area contributed by atoms with Crippen LogP contribution in [0.2, 0.25) is 0 Å². The predicted molar refractivity (Wildman–Crippen MR) is 162 cm³/mol. The van der Waals surface area contributed by atoms with Gasteiger partial charge in [-0.1, -0.05) is 69.2 Å². The largest absolute Gasteiger partial charge is 0.489 e. The van der Waals surface area contributed by atoms with Gasteiger partial charge >= 0.3 is 6.03 Å². The number of likely N-dealkylation sites (tertiary alicyclic amines) is 1. The van der Waals surface area contributed by atoms with Gasteiger partial charge in [-0.3, -0.25) is 4.79 Å². The van der Waals surface area contributed by atoms with Crippen molar-refractivity contribution < 1.29 is 14.3 Å². The standard InChI is InChI=1S/C33H50N4O3/c1-25(2)21-28(35-32(39)37-19-11-6-7-12-20-37)23-34-30(31(38)36-33(3,4)5)22-26-15-17-29(18-16-26)40-24-27-13-9-8-10-14-27/h8-10,13-18,25,28,30,34H,6-7,11-12,19-24H2,1-5H3,(H,35,39)(H,36,38)/t28-,30-/m0/s1. The lowest BCUT2D eigenvalue weighted by atomic mass is 10.0. The van der Waals surface area contributed by atoms with E-state index in [9.17, 15) is 9.59 Å². The van der Waals surface area contributed by atoms with E-state index in [1.807, 2.05) is 80.3 Å². The normalized spacial score (nSPS) is 15.7. The molecule has 2 aromatic rings. The van der Waals surface area contributed by atoms with Crippen molar-refractivity contribution in [3.8, 4) is 5.75 Å². The van der Waals surface area contributed by atoms with Gasteiger partial charge in [-0.25, -0.2) is 4.79 Å². The third kappa shape index (κ3) is 11.6. The predicted octanol–water partition coefficient (Wildman–Crippen LogP) is 5.68. The van der Waals surface area contributed by atoms with E-state index in [-0.39, 0.29) is 23.5 Å². The molecule has 2 aromatic carbocycles. The number of amides is 3. The second kappa shape index (κ2) is 15.7. The molecule has 1 heterocycles. The lowest BCUT2D eigenvalue weighted by Gasteiger charge is -2.29. The second-order valence-corrected chi connectivity index (χ2v) is 12.5. The monoisotopic (exact) mass is 550 g/mol. The highest BCUT2D eigenvalue weighted by atomic mass is 16.5. The molecule has 0 aromatic heterocycles. The molecule has 3 N–H and O–H groups in total. The number of urea groups is 1. The van der Waals surface area contributed by atoms with Crippen LogP contribution < -0.4 is 20.7 Å². The van der Waals surface area contributed by atoms with Crippen LogP contribution in [0.25, 0.3) is 0 Å². The minimum Gasteiger partial charge on any atom is -0.489 e. The number of carbonyl (C=O) groups is 2. The van der Waals surface area contributed by atoms with Crippen molar-refractivity contribution in [2.45, 2.75) is 97.4 Å². The molecule has 1 fully saturated rings. The summed E-state index contributed by atoms with van der Waals surface area (Å²) >= 11 is 0. The summed E-state index contributed by atoms with van der Waals surface area (Å²) in [4.78, 5) is 28.4. The van der Waals surface area contributed by atoms with Gasteiger partial charge in [0.15, 0.2) is 0 Å². The van der Waals surface area contributed by atoms with Crippen LogP contribution in [0.3, 0.4) is 0 Å². The summed E-state index contributed by atoms with van der Waals surface area (Å²) in [5.74, 6) is 1.17. The molecule has 220 valence electrons. The lowest BCUT2D eigenvalue weighted by Crippen LogP contribution is -2.55. The molecule has 0 saturated carbocycles. The molecule has 0 aliphatic carbocycles. The Morgan fingerprint density at radius 1 is 0.900 bits per heavy atom. The number of benzene rings is 2. The Bertz CT molecular complexity index is 1030. The van der Waals surface area contributed by atoms with Crippen molar-refractivity contribution in [3.63, 3.8) is 0 Å². The number of rotatable bonds is 12. The summed E-state index contributed by atoms with van der Waals surface area (Å²) < 4.78 is 5.94. The van der Waals surface area contributed by atoms with E-state index in [4.69, 9.17) is 4.74 Å². The average molecular weight is 551 g/mol. The van der Waals surface area contributed by atoms with Gasteiger partial charge in [-0.05, 0) is 75.6 Å². The summed E-state index contributed by atoms with van der Waals surface area (Å²) in [5.41, 5.74) is 1.82. The Morgan fingerprint density at radius 2 is 1.55 bits per heavy atom. The molecule has 0 unspecified atom stereocenters. The van der Waals surface area contributed by atoms with Gasteiger partial charge in [0.2, 0.25) is 5.91 Å². The van der Waals surface area contributed by atoms with E-state index in [0.29, 0.717) is 25.5 Å². The van der Waals surface area contributed by atoms with Crippen LogP contribution >= 0.6 is 0 Å². The quantitative estimate of drug-likeness (QED) is 0.318. The zero-order chi connectivity index (χ0) is 29.0. The van der Waals surface area contributed by atoms with E-state index < -0.39 is 6.04 Å². The Balaban J connectivity index is 1.64. The van der Waals surface area contributed by atoms with Gasteiger partial charge in [-0.15, -0.1) is 0 Å². The molecule has 7 heteroatoms. The number of nitrogens with zero attached hydrogens (tertiary/aromatic N) is 1. The fourth-order valence-corrected chi connectivity index (χ4v) is 5.00. The molecule has 0 spiro atoms. The van der Waals surface area contributed by atoms with E-state index in [0.717, 1.165) is 49.2 Å². The van der Waals surface area contributed by atoms with Crippen LogP contribution in [-0.2, 0) is 17.8 Å². The molecular weight excluding hydrogens is 500 g/mol. The summed E-state index contributed by atoms with van der Waals surface area (Å²) in [5, 5.41) is 9.90. The van der Waals surface area contributed by atoms with Gasteiger partial charge in [0, 0.05) is 31.2 Å². The van der Waals surface area contributed by atoms with Crippen LogP contribution in [-0.4, -0.2) is 54.1 Å². The van der Waals surface area contributed by atoms with Crippen LogP contribution in [0.15, 0.2) is 54.6 Å². The Labute approximate surface area is 241 Å². The van der Waals surface area contributed by atoms with Gasteiger partial charge in [-0.2, -0.15) is 0 Å².